The number of nitrogens with one attached hydrogen (secondary N) is 1. The minimum absolute atomic E-state index is 0.552. The van der Waals surface area contributed by atoms with Crippen LogP contribution in [-0.2, 0) is 19.4 Å². The van der Waals surface area contributed by atoms with E-state index in [-0.39, 0.29) is 0 Å². The van der Waals surface area contributed by atoms with Gasteiger partial charge in [0.25, 0.3) is 0 Å². The lowest BCUT2D eigenvalue weighted by Gasteiger charge is -2.13. The molecule has 0 bridgehead atoms. The van der Waals surface area contributed by atoms with Crippen molar-refractivity contribution in [1.29, 1.82) is 0 Å². The quantitative estimate of drug-likeness (QED) is 0.327. The predicted octanol–water partition coefficient (Wildman–Crippen LogP) is 5.94. The third kappa shape index (κ3) is 5.23. The molecule has 1 N–H and O–H groups in total. The van der Waals surface area contributed by atoms with Crippen molar-refractivity contribution in [3.8, 4) is 0 Å². The normalized spacial score (nSPS) is 11.9. The lowest BCUT2D eigenvalue weighted by atomic mass is 10.1. The molecule has 0 radical (unpaired) electrons. The van der Waals surface area contributed by atoms with E-state index in [0.29, 0.717) is 28.8 Å². The van der Waals surface area contributed by atoms with Crippen LogP contribution in [0.4, 0.5) is 0 Å². The van der Waals surface area contributed by atoms with Crippen LogP contribution in [0, 0.1) is 0 Å². The van der Waals surface area contributed by atoms with Gasteiger partial charge in [0, 0.05) is 23.3 Å². The Balaban J connectivity index is 1.75. The highest BCUT2D eigenvalue weighted by molar-refractivity contribution is 7.10. The summed E-state index contributed by atoms with van der Waals surface area (Å²) in [5.74, 6) is 1.60. The number of H-pyrrole nitrogens is 1. The first-order valence-corrected chi connectivity index (χ1v) is 11.7. The van der Waals surface area contributed by atoms with Gasteiger partial charge < -0.3 is 4.57 Å². The van der Waals surface area contributed by atoms with Crippen molar-refractivity contribution in [3.63, 3.8) is 0 Å². The number of thiophene rings is 1. The summed E-state index contributed by atoms with van der Waals surface area (Å²) in [6.07, 6.45) is 7.76. The second-order valence-corrected chi connectivity index (χ2v) is 8.98. The second kappa shape index (κ2) is 10.2. The Morgan fingerprint density at radius 3 is 2.87 bits per heavy atom. The molecule has 0 saturated carbocycles. The van der Waals surface area contributed by atoms with Crippen LogP contribution in [0.3, 0.4) is 0 Å². The van der Waals surface area contributed by atoms with Crippen molar-refractivity contribution >= 4 is 46.2 Å². The van der Waals surface area contributed by atoms with Gasteiger partial charge >= 0.3 is 0 Å². The van der Waals surface area contributed by atoms with Gasteiger partial charge in [-0.25, -0.2) is 4.98 Å². The number of aromatic nitrogens is 6. The van der Waals surface area contributed by atoms with E-state index in [9.17, 15) is 0 Å². The number of halogens is 2. The van der Waals surface area contributed by atoms with Gasteiger partial charge in [-0.1, -0.05) is 54.7 Å². The molecular weight excluding hydrogens is 451 g/mol. The van der Waals surface area contributed by atoms with Gasteiger partial charge in [0.05, 0.1) is 28.5 Å². The Labute approximate surface area is 194 Å². The predicted molar refractivity (Wildman–Crippen MR) is 126 cm³/mol. The van der Waals surface area contributed by atoms with E-state index in [1.165, 1.54) is 4.88 Å². The molecule has 3 aromatic heterocycles. The molecule has 0 spiro atoms. The minimum atomic E-state index is 0.552. The fraction of sp³-hybridized carbons (Fsp3) is 0.273. The first-order valence-electron chi connectivity index (χ1n) is 10.1. The van der Waals surface area contributed by atoms with Crippen LogP contribution in [0.15, 0.2) is 41.9 Å². The molecular formula is C22H22Cl2N6S. The Kier molecular flexibility index (Phi) is 7.17. The SMILES string of the molecule is CCCCc1ncc(/C=C(/Cc2cccs2)c2nn[nH]n2)n1Cc1cccc(Cl)c1Cl. The molecule has 6 nitrogen and oxygen atoms in total. The van der Waals surface area contributed by atoms with Crippen LogP contribution in [0.25, 0.3) is 11.6 Å². The maximum Gasteiger partial charge on any atom is 0.201 e. The van der Waals surface area contributed by atoms with Gasteiger partial charge in [0.1, 0.15) is 5.82 Å². The maximum absolute atomic E-state index is 6.49. The molecule has 0 fully saturated rings. The summed E-state index contributed by atoms with van der Waals surface area (Å²) in [5.41, 5.74) is 2.90. The van der Waals surface area contributed by atoms with E-state index in [2.05, 4.69) is 49.6 Å². The Morgan fingerprint density at radius 1 is 1.23 bits per heavy atom. The van der Waals surface area contributed by atoms with Crippen molar-refractivity contribution in [2.75, 3.05) is 0 Å². The summed E-state index contributed by atoms with van der Waals surface area (Å²) in [4.78, 5) is 5.94. The molecule has 1 aromatic carbocycles. The van der Waals surface area contributed by atoms with Crippen molar-refractivity contribution in [2.45, 2.75) is 39.2 Å². The molecule has 0 aliphatic rings. The van der Waals surface area contributed by atoms with Crippen LogP contribution < -0.4 is 0 Å². The van der Waals surface area contributed by atoms with Crippen molar-refractivity contribution in [2.24, 2.45) is 0 Å². The summed E-state index contributed by atoms with van der Waals surface area (Å²) in [7, 11) is 0. The maximum atomic E-state index is 6.49. The van der Waals surface area contributed by atoms with Gasteiger partial charge in [0.2, 0.25) is 5.82 Å². The fourth-order valence-electron chi connectivity index (χ4n) is 3.37. The van der Waals surface area contributed by atoms with Gasteiger partial charge in [-0.2, -0.15) is 5.21 Å². The third-order valence-electron chi connectivity index (χ3n) is 4.98. The molecule has 4 aromatic rings. The number of hydrogen-bond donors (Lipinski definition) is 1. The second-order valence-electron chi connectivity index (χ2n) is 7.16. The molecule has 0 unspecified atom stereocenters. The first kappa shape index (κ1) is 21.7. The van der Waals surface area contributed by atoms with Crippen LogP contribution in [0.2, 0.25) is 10.0 Å². The Morgan fingerprint density at radius 2 is 2.13 bits per heavy atom. The molecule has 0 saturated heterocycles. The summed E-state index contributed by atoms with van der Waals surface area (Å²) in [5, 5.41) is 17.9. The van der Waals surface area contributed by atoms with Gasteiger partial charge in [0.15, 0.2) is 0 Å². The number of unbranched alkanes of at least 4 members (excludes halogenated alkanes) is 1. The van der Waals surface area contributed by atoms with Crippen molar-refractivity contribution < 1.29 is 0 Å². The molecule has 4 rings (SSSR count). The zero-order chi connectivity index (χ0) is 21.6. The monoisotopic (exact) mass is 472 g/mol. The number of benzene rings is 1. The highest BCUT2D eigenvalue weighted by atomic mass is 35.5. The number of nitrogens with zero attached hydrogens (tertiary/aromatic N) is 5. The molecule has 160 valence electrons. The van der Waals surface area contributed by atoms with Crippen molar-refractivity contribution in [3.05, 3.63) is 79.7 Å². The lowest BCUT2D eigenvalue weighted by molar-refractivity contribution is 0.675. The highest BCUT2D eigenvalue weighted by Gasteiger charge is 2.15. The number of hydrogen-bond acceptors (Lipinski definition) is 5. The summed E-state index contributed by atoms with van der Waals surface area (Å²) in [6, 6.07) is 9.87. The number of aryl methyl sites for hydroxylation is 1. The standard InChI is InChI=1S/C22H22Cl2N6S/c1-2-3-9-20-25-13-17(30(20)14-15-6-4-8-19(23)21(15)24)11-16(22-26-28-29-27-22)12-18-7-5-10-31-18/h4-8,10-11,13H,2-3,9,12,14H2,1H3,(H,26,27,28,29)/b16-11-. The van der Waals surface area contributed by atoms with Crippen LogP contribution in [0.5, 0.6) is 0 Å². The lowest BCUT2D eigenvalue weighted by Crippen LogP contribution is -2.08. The van der Waals surface area contributed by atoms with Gasteiger partial charge in [-0.05, 0) is 40.8 Å². The van der Waals surface area contributed by atoms with Crippen molar-refractivity contribution in [1.82, 2.24) is 30.2 Å². The van der Waals surface area contributed by atoms with Crippen LogP contribution in [0.1, 0.15) is 47.5 Å². The van der Waals surface area contributed by atoms with Gasteiger partial charge in [-0.3, -0.25) is 0 Å². The molecule has 9 heteroatoms. The molecule has 31 heavy (non-hydrogen) atoms. The largest absolute Gasteiger partial charge is 0.324 e. The van der Waals surface area contributed by atoms with E-state index in [0.717, 1.165) is 41.9 Å². The zero-order valence-electron chi connectivity index (χ0n) is 17.1. The first-order chi connectivity index (χ1) is 15.2. The number of imidazole rings is 1. The van der Waals surface area contributed by atoms with Crippen LogP contribution >= 0.6 is 34.5 Å². The van der Waals surface area contributed by atoms with E-state index in [4.69, 9.17) is 28.2 Å². The number of aromatic amines is 1. The number of tetrazole rings is 1. The van der Waals surface area contributed by atoms with Gasteiger partial charge in [-0.15, -0.1) is 21.5 Å². The number of allylic oxidation sites excluding steroid dienone is 1. The summed E-state index contributed by atoms with van der Waals surface area (Å²) < 4.78 is 2.20. The van der Waals surface area contributed by atoms with E-state index < -0.39 is 0 Å². The zero-order valence-corrected chi connectivity index (χ0v) is 19.4. The molecule has 3 heterocycles. The molecule has 0 aliphatic carbocycles. The average molecular weight is 473 g/mol. The fourth-order valence-corrected chi connectivity index (χ4v) is 4.48. The highest BCUT2D eigenvalue weighted by Crippen LogP contribution is 2.28. The Bertz CT molecular complexity index is 1150. The van der Waals surface area contributed by atoms with E-state index in [1.54, 1.807) is 17.4 Å². The third-order valence-corrected chi connectivity index (χ3v) is 6.72. The van der Waals surface area contributed by atoms with Crippen LogP contribution in [-0.4, -0.2) is 30.2 Å². The van der Waals surface area contributed by atoms with E-state index >= 15 is 0 Å². The summed E-state index contributed by atoms with van der Waals surface area (Å²) >= 11 is 14.4. The minimum Gasteiger partial charge on any atom is -0.324 e. The van der Waals surface area contributed by atoms with E-state index in [1.807, 2.05) is 24.4 Å². The molecule has 0 atom stereocenters. The number of rotatable bonds is 9. The molecule has 0 amide bonds. The summed E-state index contributed by atoms with van der Waals surface area (Å²) in [6.45, 7) is 2.76. The average Bonchev–Trinajstić information content (AvgIpc) is 3.53. The molecule has 0 aliphatic heterocycles. The smallest absolute Gasteiger partial charge is 0.201 e. The topological polar surface area (TPSA) is 72.3 Å². The Hall–Kier alpha value is -2.48.